The molecule has 1 aliphatic heterocycles. The number of nitrogens with one attached hydrogen (secondary N) is 2. The lowest BCUT2D eigenvalue weighted by Gasteiger charge is -2.16. The molecule has 1 saturated heterocycles. The third-order valence-corrected chi connectivity index (χ3v) is 5.06. The summed E-state index contributed by atoms with van der Waals surface area (Å²) in [6.07, 6.45) is 0.753. The van der Waals surface area contributed by atoms with E-state index in [-0.39, 0.29) is 28.4 Å². The van der Waals surface area contributed by atoms with Crippen LogP contribution in [-0.2, 0) is 0 Å². The number of H-pyrrole nitrogens is 1. The van der Waals surface area contributed by atoms with E-state index >= 15 is 0 Å². The van der Waals surface area contributed by atoms with Crippen LogP contribution in [-0.4, -0.2) is 35.2 Å². The van der Waals surface area contributed by atoms with E-state index in [0.29, 0.717) is 6.54 Å². The summed E-state index contributed by atoms with van der Waals surface area (Å²) in [5, 5.41) is 10.3. The van der Waals surface area contributed by atoms with Gasteiger partial charge in [0.05, 0.1) is 16.3 Å². The van der Waals surface area contributed by atoms with E-state index in [4.69, 9.17) is 11.6 Å². The molecule has 2 heterocycles. The molecule has 0 saturated carbocycles. The minimum Gasteiger partial charge on any atom is -0.353 e. The Bertz CT molecular complexity index is 1010. The second-order valence-corrected chi connectivity index (χ2v) is 7.08. The van der Waals surface area contributed by atoms with Crippen LogP contribution >= 0.6 is 11.6 Å². The molecule has 0 bridgehead atoms. The van der Waals surface area contributed by atoms with Crippen LogP contribution < -0.4 is 10.2 Å². The summed E-state index contributed by atoms with van der Waals surface area (Å²) in [5.41, 5.74) is 1.88. The molecule has 1 amide bonds. The number of anilines is 1. The van der Waals surface area contributed by atoms with E-state index < -0.39 is 5.82 Å². The van der Waals surface area contributed by atoms with Crippen molar-refractivity contribution in [1.82, 2.24) is 15.5 Å². The van der Waals surface area contributed by atoms with Gasteiger partial charge in [0.25, 0.3) is 5.91 Å². The predicted molar refractivity (Wildman–Crippen MR) is 103 cm³/mol. The van der Waals surface area contributed by atoms with Crippen molar-refractivity contribution in [2.75, 3.05) is 18.0 Å². The summed E-state index contributed by atoms with van der Waals surface area (Å²) < 4.78 is 26.2. The Morgan fingerprint density at radius 1 is 1.14 bits per heavy atom. The van der Waals surface area contributed by atoms with Gasteiger partial charge >= 0.3 is 0 Å². The molecule has 0 aliphatic carbocycles. The normalized spacial score (nSPS) is 16.4. The molecule has 1 aliphatic rings. The van der Waals surface area contributed by atoms with Crippen LogP contribution in [0, 0.1) is 11.6 Å². The molecule has 144 valence electrons. The average molecular weight is 403 g/mol. The fraction of sp³-hybridized carbons (Fsp3) is 0.200. The van der Waals surface area contributed by atoms with Gasteiger partial charge < -0.3 is 10.2 Å². The first kappa shape index (κ1) is 18.4. The number of benzene rings is 2. The highest BCUT2D eigenvalue weighted by Gasteiger charge is 2.26. The lowest BCUT2D eigenvalue weighted by Crippen LogP contribution is -2.37. The van der Waals surface area contributed by atoms with Crippen molar-refractivity contribution in [3.05, 3.63) is 70.8 Å². The highest BCUT2D eigenvalue weighted by atomic mass is 35.5. The fourth-order valence-corrected chi connectivity index (χ4v) is 3.53. The van der Waals surface area contributed by atoms with Gasteiger partial charge in [-0.3, -0.25) is 9.89 Å². The quantitative estimate of drug-likeness (QED) is 0.693. The number of aromatic amines is 1. The molecule has 1 atom stereocenters. The van der Waals surface area contributed by atoms with E-state index in [9.17, 15) is 13.6 Å². The molecule has 5 nitrogen and oxygen atoms in total. The zero-order valence-corrected chi connectivity index (χ0v) is 15.5. The van der Waals surface area contributed by atoms with Gasteiger partial charge in [-0.05, 0) is 54.4 Å². The Morgan fingerprint density at radius 3 is 2.64 bits per heavy atom. The predicted octanol–water partition coefficient (Wildman–Crippen LogP) is 4.02. The Balaban J connectivity index is 1.40. The molecule has 2 aromatic carbocycles. The molecule has 0 spiro atoms. The summed E-state index contributed by atoms with van der Waals surface area (Å²) in [6, 6.07) is 11.7. The zero-order valence-electron chi connectivity index (χ0n) is 14.8. The number of hydrogen-bond donors (Lipinski definition) is 2. The molecule has 1 aromatic heterocycles. The van der Waals surface area contributed by atoms with Crippen LogP contribution in [0.4, 0.5) is 14.6 Å². The highest BCUT2D eigenvalue weighted by molar-refractivity contribution is 6.33. The maximum absolute atomic E-state index is 13.1. The first-order valence-electron chi connectivity index (χ1n) is 8.82. The summed E-state index contributed by atoms with van der Waals surface area (Å²) in [4.78, 5) is 14.5. The number of aromatic nitrogens is 2. The molecule has 0 unspecified atom stereocenters. The van der Waals surface area contributed by atoms with Crippen molar-refractivity contribution in [2.45, 2.75) is 12.5 Å². The molecule has 4 rings (SSSR count). The molecule has 28 heavy (non-hydrogen) atoms. The Kier molecular flexibility index (Phi) is 5.00. The second-order valence-electron chi connectivity index (χ2n) is 6.68. The smallest absolute Gasteiger partial charge is 0.253 e. The van der Waals surface area contributed by atoms with Gasteiger partial charge in [-0.15, -0.1) is 0 Å². The van der Waals surface area contributed by atoms with Gasteiger partial charge in [0.2, 0.25) is 0 Å². The first-order chi connectivity index (χ1) is 13.5. The number of rotatable bonds is 4. The molecule has 8 heteroatoms. The molecule has 2 N–H and O–H groups in total. The van der Waals surface area contributed by atoms with Crippen LogP contribution in [0.25, 0.3) is 11.3 Å². The van der Waals surface area contributed by atoms with Crippen LogP contribution in [0.3, 0.4) is 0 Å². The number of halogens is 3. The third kappa shape index (κ3) is 3.84. The molecular weight excluding hydrogens is 386 g/mol. The Morgan fingerprint density at radius 2 is 1.89 bits per heavy atom. The molecular formula is C20H17ClF2N4O. The maximum atomic E-state index is 13.1. The molecule has 0 radical (unpaired) electrons. The SMILES string of the molecule is O=C(N[C@H]1CCN(c2cc(-c3ccc(F)cc3)[nH]n2)C1)c1ccc(F)cc1Cl. The van der Waals surface area contributed by atoms with Crippen molar-refractivity contribution in [1.29, 1.82) is 0 Å². The van der Waals surface area contributed by atoms with Gasteiger partial charge in [0.15, 0.2) is 5.82 Å². The third-order valence-electron chi connectivity index (χ3n) is 4.74. The van der Waals surface area contributed by atoms with Crippen molar-refractivity contribution in [3.63, 3.8) is 0 Å². The van der Waals surface area contributed by atoms with Crippen molar-refractivity contribution in [2.24, 2.45) is 0 Å². The van der Waals surface area contributed by atoms with Crippen LogP contribution in [0.1, 0.15) is 16.8 Å². The van der Waals surface area contributed by atoms with Gasteiger partial charge in [0.1, 0.15) is 11.6 Å². The van der Waals surface area contributed by atoms with Crippen LogP contribution in [0.15, 0.2) is 48.5 Å². The van der Waals surface area contributed by atoms with Crippen molar-refractivity contribution >= 4 is 23.3 Å². The van der Waals surface area contributed by atoms with Gasteiger partial charge in [-0.2, -0.15) is 5.10 Å². The summed E-state index contributed by atoms with van der Waals surface area (Å²) in [5.74, 6) is -0.339. The van der Waals surface area contributed by atoms with Crippen LogP contribution in [0.2, 0.25) is 5.02 Å². The van der Waals surface area contributed by atoms with E-state index in [1.54, 1.807) is 12.1 Å². The lowest BCUT2D eigenvalue weighted by atomic mass is 10.1. The topological polar surface area (TPSA) is 61.0 Å². The molecule has 3 aromatic rings. The minimum atomic E-state index is -0.482. The van der Waals surface area contributed by atoms with Gasteiger partial charge in [0, 0.05) is 25.2 Å². The summed E-state index contributed by atoms with van der Waals surface area (Å²) in [6.45, 7) is 1.33. The van der Waals surface area contributed by atoms with Gasteiger partial charge in [-0.25, -0.2) is 8.78 Å². The Hall–Kier alpha value is -2.93. The average Bonchev–Trinajstić information content (AvgIpc) is 3.31. The number of hydrogen-bond acceptors (Lipinski definition) is 3. The van der Waals surface area contributed by atoms with Gasteiger partial charge in [-0.1, -0.05) is 11.6 Å². The fourth-order valence-electron chi connectivity index (χ4n) is 3.27. The standard InChI is InChI=1S/C20H17ClF2N4O/c21-17-9-14(23)5-6-16(17)20(28)24-15-7-8-27(11-15)19-10-18(25-26-19)12-1-3-13(22)4-2-12/h1-6,9-10,15H,7-8,11H2,(H,24,28)(H,25,26)/t15-/m0/s1. The number of nitrogens with zero attached hydrogens (tertiary/aromatic N) is 2. The summed E-state index contributed by atoms with van der Waals surface area (Å²) >= 11 is 5.96. The number of amides is 1. The maximum Gasteiger partial charge on any atom is 0.253 e. The second kappa shape index (κ2) is 7.59. The summed E-state index contributed by atoms with van der Waals surface area (Å²) in [7, 11) is 0. The monoisotopic (exact) mass is 402 g/mol. The van der Waals surface area contributed by atoms with Crippen molar-refractivity contribution in [3.8, 4) is 11.3 Å². The number of carbonyl (C=O) groups is 1. The highest BCUT2D eigenvalue weighted by Crippen LogP contribution is 2.25. The van der Waals surface area contributed by atoms with E-state index in [0.717, 1.165) is 36.1 Å². The Labute approximate surface area is 165 Å². The first-order valence-corrected chi connectivity index (χ1v) is 9.19. The van der Waals surface area contributed by atoms with Crippen molar-refractivity contribution < 1.29 is 13.6 Å². The lowest BCUT2D eigenvalue weighted by molar-refractivity contribution is 0.0940. The van der Waals surface area contributed by atoms with E-state index in [1.165, 1.54) is 24.3 Å². The zero-order chi connectivity index (χ0) is 19.7. The van der Waals surface area contributed by atoms with Crippen LogP contribution in [0.5, 0.6) is 0 Å². The number of carbonyl (C=O) groups excluding carboxylic acids is 1. The van der Waals surface area contributed by atoms with E-state index in [2.05, 4.69) is 20.4 Å². The largest absolute Gasteiger partial charge is 0.353 e. The van der Waals surface area contributed by atoms with E-state index in [1.807, 2.05) is 6.07 Å². The minimum absolute atomic E-state index is 0.0698. The molecule has 1 fully saturated rings.